The van der Waals surface area contributed by atoms with Crippen LogP contribution in [0.4, 0.5) is 0 Å². The molecule has 0 bridgehead atoms. The van der Waals surface area contributed by atoms with E-state index in [2.05, 4.69) is 30.1 Å². The molecule has 0 saturated carbocycles. The van der Waals surface area contributed by atoms with Crippen molar-refractivity contribution in [2.24, 2.45) is 15.3 Å². The van der Waals surface area contributed by atoms with Crippen LogP contribution in [0.25, 0.3) is 31.3 Å². The van der Waals surface area contributed by atoms with E-state index < -0.39 is 18.3 Å². The summed E-state index contributed by atoms with van der Waals surface area (Å²) in [6.07, 6.45) is -2.16. The van der Waals surface area contributed by atoms with Gasteiger partial charge in [0, 0.05) is 14.7 Å². The summed E-state index contributed by atoms with van der Waals surface area (Å²) in [5.74, 6) is 0. The van der Waals surface area contributed by atoms with Gasteiger partial charge in [-0.25, -0.2) is 0 Å². The summed E-state index contributed by atoms with van der Waals surface area (Å²) in [7, 11) is 0. The predicted molar refractivity (Wildman–Crippen MR) is 111 cm³/mol. The summed E-state index contributed by atoms with van der Waals surface area (Å²) in [6.45, 7) is 4.72. The van der Waals surface area contributed by atoms with Gasteiger partial charge in [0.25, 0.3) is 0 Å². The minimum Gasteiger partial charge on any atom is -0.388 e. The van der Waals surface area contributed by atoms with Crippen LogP contribution < -0.4 is 0 Å². The van der Waals surface area contributed by atoms with Crippen LogP contribution in [0.5, 0.6) is 0 Å². The minimum atomic E-state index is -1.02. The first-order chi connectivity index (χ1) is 14.4. The second-order valence-corrected chi connectivity index (χ2v) is 6.62. The van der Waals surface area contributed by atoms with Crippen molar-refractivity contribution in [1.82, 2.24) is 0 Å². The molecule has 162 valence electrons. The molecule has 30 heavy (non-hydrogen) atoms. The molecule has 0 aliphatic heterocycles. The van der Waals surface area contributed by atoms with E-state index in [0.717, 1.165) is 0 Å². The van der Waals surface area contributed by atoms with E-state index in [9.17, 15) is 15.3 Å². The molecule has 0 fully saturated rings. The molecule has 0 spiro atoms. The molecule has 0 aromatic heterocycles. The topological polar surface area (TPSA) is 207 Å². The number of aliphatic hydroxyl groups excluding tert-OH is 3. The SMILES string of the molecule is CCC(O)c1c(CN=[N+]=[N-])c(C(O)CC)c(CN=[N+]=[N-])c(C(O)CC)c1CN=[N+]=[N-]. The van der Waals surface area contributed by atoms with Gasteiger partial charge in [0.05, 0.1) is 37.9 Å². The van der Waals surface area contributed by atoms with E-state index in [-0.39, 0.29) is 19.6 Å². The molecule has 1 aromatic carbocycles. The average molecular weight is 417 g/mol. The van der Waals surface area contributed by atoms with Crippen molar-refractivity contribution >= 4 is 0 Å². The van der Waals surface area contributed by atoms with Crippen LogP contribution in [0.15, 0.2) is 15.3 Å². The van der Waals surface area contributed by atoms with Gasteiger partial charge < -0.3 is 15.3 Å². The lowest BCUT2D eigenvalue weighted by molar-refractivity contribution is 0.155. The number of hydrogen-bond acceptors (Lipinski definition) is 6. The Morgan fingerprint density at radius 1 is 0.600 bits per heavy atom. The van der Waals surface area contributed by atoms with E-state index in [1.807, 2.05) is 0 Å². The standard InChI is InChI=1S/C18H27N9O3/c1-4-13(28)16-10(7-22-25-19)17(14(29)5-2)12(9-24-27-21)18(15(30)6-3)11(16)8-23-26-20/h13-15,28-30H,4-9H2,1-3H3. The van der Waals surface area contributed by atoms with E-state index in [1.54, 1.807) is 20.8 Å². The average Bonchev–Trinajstić information content (AvgIpc) is 2.77. The Hall–Kier alpha value is -2.97. The van der Waals surface area contributed by atoms with E-state index in [4.69, 9.17) is 16.6 Å². The molecular formula is C18H27N9O3. The van der Waals surface area contributed by atoms with Crippen molar-refractivity contribution in [3.63, 3.8) is 0 Å². The highest BCUT2D eigenvalue weighted by Crippen LogP contribution is 2.42. The van der Waals surface area contributed by atoms with Crippen LogP contribution in [-0.4, -0.2) is 15.3 Å². The van der Waals surface area contributed by atoms with Crippen LogP contribution in [0.1, 0.15) is 91.7 Å². The highest BCUT2D eigenvalue weighted by atomic mass is 16.3. The van der Waals surface area contributed by atoms with Gasteiger partial charge >= 0.3 is 0 Å². The fourth-order valence-electron chi connectivity index (χ4n) is 3.62. The number of hydrogen-bond donors (Lipinski definition) is 3. The third kappa shape index (κ3) is 5.55. The molecule has 0 aliphatic rings. The van der Waals surface area contributed by atoms with Crippen molar-refractivity contribution < 1.29 is 15.3 Å². The Balaban J connectivity index is 4.29. The maximum atomic E-state index is 10.8. The third-order valence-corrected chi connectivity index (χ3v) is 4.99. The summed E-state index contributed by atoms with van der Waals surface area (Å²) in [6, 6.07) is 0. The number of azide groups is 3. The summed E-state index contributed by atoms with van der Waals surface area (Å²) < 4.78 is 0. The minimum absolute atomic E-state index is 0.176. The van der Waals surface area contributed by atoms with Crippen molar-refractivity contribution in [2.75, 3.05) is 0 Å². The van der Waals surface area contributed by atoms with E-state index >= 15 is 0 Å². The highest BCUT2D eigenvalue weighted by Gasteiger charge is 2.30. The van der Waals surface area contributed by atoms with E-state index in [0.29, 0.717) is 52.6 Å². The molecule has 0 radical (unpaired) electrons. The van der Waals surface area contributed by atoms with Crippen molar-refractivity contribution in [1.29, 1.82) is 0 Å². The molecule has 3 N–H and O–H groups in total. The fraction of sp³-hybridized carbons (Fsp3) is 0.667. The van der Waals surface area contributed by atoms with Crippen LogP contribution in [-0.2, 0) is 19.6 Å². The van der Waals surface area contributed by atoms with Gasteiger partial charge in [-0.05, 0) is 69.2 Å². The Morgan fingerprint density at radius 3 is 1.00 bits per heavy atom. The fourth-order valence-corrected chi connectivity index (χ4v) is 3.62. The van der Waals surface area contributed by atoms with Gasteiger partial charge in [0.2, 0.25) is 0 Å². The second-order valence-electron chi connectivity index (χ2n) is 6.62. The second kappa shape index (κ2) is 12.6. The zero-order valence-corrected chi connectivity index (χ0v) is 17.3. The molecule has 0 amide bonds. The van der Waals surface area contributed by atoms with Crippen LogP contribution in [0.3, 0.4) is 0 Å². The Morgan fingerprint density at radius 2 is 0.833 bits per heavy atom. The quantitative estimate of drug-likeness (QED) is 0.230. The Kier molecular flexibility index (Phi) is 10.5. The van der Waals surface area contributed by atoms with Crippen molar-refractivity contribution in [3.8, 4) is 0 Å². The molecule has 0 heterocycles. The van der Waals surface area contributed by atoms with Crippen LogP contribution >= 0.6 is 0 Å². The molecule has 0 saturated heterocycles. The molecule has 3 atom stereocenters. The number of rotatable bonds is 12. The first kappa shape index (κ1) is 25.1. The maximum Gasteiger partial charge on any atom is 0.0793 e. The third-order valence-electron chi connectivity index (χ3n) is 4.99. The van der Waals surface area contributed by atoms with Crippen molar-refractivity contribution in [3.05, 3.63) is 64.7 Å². The smallest absolute Gasteiger partial charge is 0.0793 e. The van der Waals surface area contributed by atoms with Gasteiger partial charge in [0.15, 0.2) is 0 Å². The number of aliphatic hydroxyl groups is 3. The van der Waals surface area contributed by atoms with Crippen LogP contribution in [0, 0.1) is 0 Å². The van der Waals surface area contributed by atoms with Gasteiger partial charge in [0.1, 0.15) is 0 Å². The number of nitrogens with zero attached hydrogens (tertiary/aromatic N) is 9. The molecule has 12 heteroatoms. The summed E-state index contributed by atoms with van der Waals surface area (Å²) in [4.78, 5) is 8.37. The lowest BCUT2D eigenvalue weighted by atomic mass is 9.79. The molecule has 3 unspecified atom stereocenters. The Labute approximate surface area is 174 Å². The molecule has 1 aromatic rings. The molecular weight excluding hydrogens is 390 g/mol. The van der Waals surface area contributed by atoms with Crippen LogP contribution in [0.2, 0.25) is 0 Å². The molecule has 12 nitrogen and oxygen atoms in total. The first-order valence-corrected chi connectivity index (χ1v) is 9.70. The lowest BCUT2D eigenvalue weighted by Gasteiger charge is -2.30. The van der Waals surface area contributed by atoms with Gasteiger partial charge in [-0.2, -0.15) is 0 Å². The highest BCUT2D eigenvalue weighted by molar-refractivity contribution is 5.55. The monoisotopic (exact) mass is 417 g/mol. The summed E-state index contributed by atoms with van der Waals surface area (Å²) >= 11 is 0. The van der Waals surface area contributed by atoms with Gasteiger partial charge in [-0.15, -0.1) is 0 Å². The summed E-state index contributed by atoms with van der Waals surface area (Å²) in [5, 5.41) is 43.3. The summed E-state index contributed by atoms with van der Waals surface area (Å²) in [5.41, 5.74) is 28.8. The van der Waals surface area contributed by atoms with Gasteiger partial charge in [-0.3, -0.25) is 0 Å². The Bertz CT molecular complexity index is 750. The predicted octanol–water partition coefficient (Wildman–Crippen LogP) is 5.45. The number of benzene rings is 1. The zero-order valence-electron chi connectivity index (χ0n) is 17.3. The molecule has 0 aliphatic carbocycles. The van der Waals surface area contributed by atoms with Gasteiger partial charge in [-0.1, -0.05) is 36.1 Å². The first-order valence-electron chi connectivity index (χ1n) is 9.70. The van der Waals surface area contributed by atoms with E-state index in [1.165, 1.54) is 0 Å². The maximum absolute atomic E-state index is 10.8. The lowest BCUT2D eigenvalue weighted by Crippen LogP contribution is -2.19. The normalized spacial score (nSPS) is 13.4. The zero-order chi connectivity index (χ0) is 22.7. The molecule has 1 rings (SSSR count). The van der Waals surface area contributed by atoms with Crippen molar-refractivity contribution in [2.45, 2.75) is 78.0 Å². The largest absolute Gasteiger partial charge is 0.388 e.